The molecule has 4 rings (SSSR count). The molecule has 6 nitrogen and oxygen atoms in total. The Morgan fingerprint density at radius 1 is 1.11 bits per heavy atom. The Bertz CT molecular complexity index is 879. The van der Waals surface area contributed by atoms with Crippen molar-refractivity contribution in [2.45, 2.75) is 38.6 Å². The Kier molecular flexibility index (Phi) is 5.75. The molecule has 0 saturated heterocycles. The predicted molar refractivity (Wildman–Crippen MR) is 108 cm³/mol. The third-order valence-electron chi connectivity index (χ3n) is 5.05. The number of pyridine rings is 1. The van der Waals surface area contributed by atoms with Crippen LogP contribution in [0.15, 0.2) is 48.2 Å². The van der Waals surface area contributed by atoms with Gasteiger partial charge in [-0.25, -0.2) is 4.98 Å². The highest BCUT2D eigenvalue weighted by atomic mass is 16.7. The monoisotopic (exact) mass is 379 g/mol. The Labute approximate surface area is 165 Å². The van der Waals surface area contributed by atoms with Gasteiger partial charge in [-0.05, 0) is 61.9 Å². The molecular formula is C22H25N3O3. The molecule has 0 atom stereocenters. The fourth-order valence-corrected chi connectivity index (χ4v) is 3.49. The average molecular weight is 379 g/mol. The van der Waals surface area contributed by atoms with Crippen LogP contribution in [-0.4, -0.2) is 24.2 Å². The van der Waals surface area contributed by atoms with E-state index >= 15 is 0 Å². The molecule has 2 heterocycles. The van der Waals surface area contributed by atoms with Gasteiger partial charge >= 0.3 is 0 Å². The van der Waals surface area contributed by atoms with E-state index in [1.165, 1.54) is 31.3 Å². The maximum absolute atomic E-state index is 12.5. The molecule has 1 aliphatic heterocycles. The van der Waals surface area contributed by atoms with E-state index in [-0.39, 0.29) is 12.7 Å². The van der Waals surface area contributed by atoms with Gasteiger partial charge in [-0.3, -0.25) is 4.79 Å². The number of fused-ring (bicyclic) bond motifs is 1. The Morgan fingerprint density at radius 2 is 2.04 bits per heavy atom. The summed E-state index contributed by atoms with van der Waals surface area (Å²) >= 11 is 0. The van der Waals surface area contributed by atoms with Gasteiger partial charge in [-0.2, -0.15) is 0 Å². The van der Waals surface area contributed by atoms with Gasteiger partial charge in [0.1, 0.15) is 5.82 Å². The van der Waals surface area contributed by atoms with Crippen molar-refractivity contribution in [1.29, 1.82) is 0 Å². The number of hydrogen-bond acceptors (Lipinski definition) is 5. The summed E-state index contributed by atoms with van der Waals surface area (Å²) in [6.45, 7) is 1.50. The standard InChI is InChI=1S/C22H25N3O3/c26-22(25-14-17-6-7-19-20(12-17)28-15-27-19)18-9-11-24-21(13-18)23-10-8-16-4-2-1-3-5-16/h4,6-7,9,11-13H,1-3,5,8,10,14-15H2,(H,23,24)(H,25,26). The molecule has 2 N–H and O–H groups in total. The van der Waals surface area contributed by atoms with E-state index in [1.54, 1.807) is 18.3 Å². The number of carbonyl (C=O) groups excluding carboxylic acids is 1. The van der Waals surface area contributed by atoms with Crippen LogP contribution < -0.4 is 20.1 Å². The molecule has 2 aliphatic rings. The quantitative estimate of drug-likeness (QED) is 0.710. The highest BCUT2D eigenvalue weighted by Gasteiger charge is 2.14. The van der Waals surface area contributed by atoms with Crippen molar-refractivity contribution in [3.8, 4) is 11.5 Å². The first kappa shape index (κ1) is 18.3. The van der Waals surface area contributed by atoms with Gasteiger partial charge < -0.3 is 20.1 Å². The molecule has 0 spiro atoms. The van der Waals surface area contributed by atoms with Gasteiger partial charge in [-0.15, -0.1) is 0 Å². The average Bonchev–Trinajstić information content (AvgIpc) is 3.21. The fourth-order valence-electron chi connectivity index (χ4n) is 3.49. The van der Waals surface area contributed by atoms with Gasteiger partial charge in [0.25, 0.3) is 5.91 Å². The van der Waals surface area contributed by atoms with Crippen LogP contribution in [0.2, 0.25) is 0 Å². The second-order valence-corrected chi connectivity index (χ2v) is 7.08. The van der Waals surface area contributed by atoms with Crippen LogP contribution >= 0.6 is 0 Å². The maximum atomic E-state index is 12.5. The fraction of sp³-hybridized carbons (Fsp3) is 0.364. The number of rotatable bonds is 7. The molecule has 1 amide bonds. The molecule has 1 aromatic carbocycles. The largest absolute Gasteiger partial charge is 0.454 e. The summed E-state index contributed by atoms with van der Waals surface area (Å²) in [7, 11) is 0. The van der Waals surface area contributed by atoms with E-state index in [0.717, 1.165) is 35.8 Å². The molecule has 0 radical (unpaired) electrons. The Balaban J connectivity index is 1.29. The Hall–Kier alpha value is -3.02. The number of carbonyl (C=O) groups is 1. The molecule has 146 valence electrons. The first-order chi connectivity index (χ1) is 13.8. The number of ether oxygens (including phenoxy) is 2. The lowest BCUT2D eigenvalue weighted by Crippen LogP contribution is -2.23. The molecule has 2 aromatic rings. The summed E-state index contributed by atoms with van der Waals surface area (Å²) in [5.41, 5.74) is 3.08. The lowest BCUT2D eigenvalue weighted by Gasteiger charge is -2.13. The highest BCUT2D eigenvalue weighted by molar-refractivity contribution is 5.94. The first-order valence-electron chi connectivity index (χ1n) is 9.82. The minimum Gasteiger partial charge on any atom is -0.454 e. The van der Waals surface area contributed by atoms with Crippen LogP contribution in [0, 0.1) is 0 Å². The van der Waals surface area contributed by atoms with Crippen LogP contribution in [0.4, 0.5) is 5.82 Å². The maximum Gasteiger partial charge on any atom is 0.251 e. The minimum atomic E-state index is -0.127. The van der Waals surface area contributed by atoms with Crippen molar-refractivity contribution in [3.05, 3.63) is 59.3 Å². The molecule has 1 aromatic heterocycles. The topological polar surface area (TPSA) is 72.5 Å². The van der Waals surface area contributed by atoms with Crippen LogP contribution in [0.1, 0.15) is 48.0 Å². The van der Waals surface area contributed by atoms with Crippen molar-refractivity contribution in [2.75, 3.05) is 18.7 Å². The summed E-state index contributed by atoms with van der Waals surface area (Å²) in [6.07, 6.45) is 10.1. The summed E-state index contributed by atoms with van der Waals surface area (Å²) < 4.78 is 10.7. The SMILES string of the molecule is O=C(NCc1ccc2c(c1)OCO2)c1ccnc(NCCC2=CCCCC2)c1. The van der Waals surface area contributed by atoms with Gasteiger partial charge in [0.2, 0.25) is 6.79 Å². The second kappa shape index (κ2) is 8.78. The highest BCUT2D eigenvalue weighted by Crippen LogP contribution is 2.32. The van der Waals surface area contributed by atoms with E-state index in [2.05, 4.69) is 21.7 Å². The van der Waals surface area contributed by atoms with E-state index in [0.29, 0.717) is 12.1 Å². The van der Waals surface area contributed by atoms with Gasteiger partial charge in [0.15, 0.2) is 11.5 Å². The molecule has 28 heavy (non-hydrogen) atoms. The third-order valence-corrected chi connectivity index (χ3v) is 5.05. The number of anilines is 1. The van der Waals surface area contributed by atoms with Crippen LogP contribution in [0.5, 0.6) is 11.5 Å². The summed E-state index contributed by atoms with van der Waals surface area (Å²) in [5, 5.41) is 6.27. The number of allylic oxidation sites excluding steroid dienone is 1. The zero-order valence-corrected chi connectivity index (χ0v) is 15.9. The van der Waals surface area contributed by atoms with E-state index < -0.39 is 0 Å². The van der Waals surface area contributed by atoms with Crippen molar-refractivity contribution in [1.82, 2.24) is 10.3 Å². The van der Waals surface area contributed by atoms with Gasteiger partial charge in [0.05, 0.1) is 0 Å². The summed E-state index contributed by atoms with van der Waals surface area (Å²) in [6, 6.07) is 9.20. The number of nitrogens with zero attached hydrogens (tertiary/aromatic N) is 1. The smallest absolute Gasteiger partial charge is 0.251 e. The van der Waals surface area contributed by atoms with Crippen molar-refractivity contribution >= 4 is 11.7 Å². The normalized spacial score (nSPS) is 15.1. The predicted octanol–water partition coefficient (Wildman–Crippen LogP) is 4.04. The van der Waals surface area contributed by atoms with Crippen LogP contribution in [-0.2, 0) is 6.54 Å². The molecule has 6 heteroatoms. The zero-order valence-electron chi connectivity index (χ0n) is 15.9. The summed E-state index contributed by atoms with van der Waals surface area (Å²) in [5.74, 6) is 2.06. The van der Waals surface area contributed by atoms with Crippen molar-refractivity contribution in [2.24, 2.45) is 0 Å². The van der Waals surface area contributed by atoms with Crippen LogP contribution in [0.3, 0.4) is 0 Å². The first-order valence-corrected chi connectivity index (χ1v) is 9.82. The molecule has 0 bridgehead atoms. The molecule has 0 fully saturated rings. The minimum absolute atomic E-state index is 0.127. The Morgan fingerprint density at radius 3 is 2.93 bits per heavy atom. The molecular weight excluding hydrogens is 354 g/mol. The van der Waals surface area contributed by atoms with Crippen molar-refractivity contribution in [3.63, 3.8) is 0 Å². The second-order valence-electron chi connectivity index (χ2n) is 7.08. The van der Waals surface area contributed by atoms with E-state index in [1.807, 2.05) is 18.2 Å². The molecule has 0 unspecified atom stereocenters. The number of nitrogens with one attached hydrogen (secondary N) is 2. The lowest BCUT2D eigenvalue weighted by atomic mass is 9.97. The number of aromatic nitrogens is 1. The third kappa shape index (κ3) is 4.63. The van der Waals surface area contributed by atoms with Crippen molar-refractivity contribution < 1.29 is 14.3 Å². The number of hydrogen-bond donors (Lipinski definition) is 2. The lowest BCUT2D eigenvalue weighted by molar-refractivity contribution is 0.0950. The van der Waals surface area contributed by atoms with E-state index in [4.69, 9.17) is 9.47 Å². The summed E-state index contributed by atoms with van der Waals surface area (Å²) in [4.78, 5) is 16.8. The van der Waals surface area contributed by atoms with Gasteiger partial charge in [-0.1, -0.05) is 17.7 Å². The zero-order chi connectivity index (χ0) is 19.2. The van der Waals surface area contributed by atoms with Gasteiger partial charge in [0, 0.05) is 24.8 Å². The van der Waals surface area contributed by atoms with E-state index in [9.17, 15) is 4.79 Å². The number of amides is 1. The van der Waals surface area contributed by atoms with Crippen LogP contribution in [0.25, 0.3) is 0 Å². The number of benzene rings is 1. The molecule has 1 aliphatic carbocycles. The molecule has 0 saturated carbocycles.